The highest BCUT2D eigenvalue weighted by Crippen LogP contribution is 2.10. The van der Waals surface area contributed by atoms with Crippen LogP contribution in [0.1, 0.15) is 71.3 Å². The molecule has 0 fully saturated rings. The van der Waals surface area contributed by atoms with Gasteiger partial charge in [-0.15, -0.1) is 0 Å². The number of carboxylic acids is 3. The third-order valence-electron chi connectivity index (χ3n) is 7.89. The average Bonchev–Trinajstić information content (AvgIpc) is 3.07. The van der Waals surface area contributed by atoms with E-state index in [1.54, 1.807) is 44.2 Å². The van der Waals surface area contributed by atoms with Crippen molar-refractivity contribution in [2.45, 2.75) is 114 Å². The standard InChI is InChI=1S/C34H51N7O13/c1-17(2)15-24(34(53)54)40-32(51)21(9-12-25(36)43)37-30(49)22(10-13-26(44)45)38-31(50)23(11-14-27(46)47)39-33(52)28(18(3)42)41-29(48)20(35)16-19-7-5-4-6-8-19/h4-8,17-18,20-24,28,42H,9-16,35H2,1-3H3,(H2,36,43)(H,37,49)(H,38,50)(H,39,52)(H,40,51)(H,41,48)(H,44,45)(H,46,47)(H,53,54)/t18-,20+,21+,22+,23+,24+,28+/m1/s1. The quantitative estimate of drug-likeness (QED) is 0.0490. The summed E-state index contributed by atoms with van der Waals surface area (Å²) in [6, 6.07) is -0.557. The van der Waals surface area contributed by atoms with Crippen LogP contribution in [0, 0.1) is 5.92 Å². The number of aliphatic carboxylic acids is 3. The fourth-order valence-electron chi connectivity index (χ4n) is 5.03. The molecule has 0 bridgehead atoms. The van der Waals surface area contributed by atoms with Gasteiger partial charge in [-0.1, -0.05) is 44.2 Å². The first-order chi connectivity index (χ1) is 25.2. The summed E-state index contributed by atoms with van der Waals surface area (Å²) >= 11 is 0. The SMILES string of the molecule is CC(C)C[C@H](NC(=O)[C@H](CCC(N)=O)NC(=O)[C@H](CCC(=O)O)NC(=O)[C@H](CCC(=O)O)NC(=O)[C@@H](NC(=O)[C@@H](N)Cc1ccccc1)[C@@H](C)O)C(=O)O. The number of hydrogen-bond donors (Lipinski definition) is 11. The normalized spacial score (nSPS) is 14.9. The molecule has 20 nitrogen and oxygen atoms in total. The second kappa shape index (κ2) is 23.1. The van der Waals surface area contributed by atoms with Crippen molar-refractivity contribution in [1.29, 1.82) is 0 Å². The number of benzene rings is 1. The maximum absolute atomic E-state index is 13.5. The summed E-state index contributed by atoms with van der Waals surface area (Å²) in [5, 5.41) is 49.8. The van der Waals surface area contributed by atoms with Crippen molar-refractivity contribution in [2.24, 2.45) is 17.4 Å². The van der Waals surface area contributed by atoms with Gasteiger partial charge in [0.25, 0.3) is 0 Å². The lowest BCUT2D eigenvalue weighted by Crippen LogP contribution is -2.61. The van der Waals surface area contributed by atoms with Crippen molar-refractivity contribution in [3.63, 3.8) is 0 Å². The Balaban J connectivity index is 3.28. The van der Waals surface area contributed by atoms with Gasteiger partial charge in [0.15, 0.2) is 0 Å². The number of aliphatic hydroxyl groups excluding tert-OH is 1. The number of nitrogens with two attached hydrogens (primary N) is 2. The molecule has 6 amide bonds. The lowest BCUT2D eigenvalue weighted by Gasteiger charge is -2.27. The molecule has 0 aliphatic rings. The van der Waals surface area contributed by atoms with Gasteiger partial charge in [0.05, 0.1) is 12.1 Å². The Morgan fingerprint density at radius 1 is 0.611 bits per heavy atom. The van der Waals surface area contributed by atoms with Crippen LogP contribution in [0.2, 0.25) is 0 Å². The zero-order valence-corrected chi connectivity index (χ0v) is 30.3. The molecule has 300 valence electrons. The molecule has 0 aromatic heterocycles. The Morgan fingerprint density at radius 3 is 1.43 bits per heavy atom. The molecular formula is C34H51N7O13. The van der Waals surface area contributed by atoms with E-state index in [9.17, 15) is 63.6 Å². The average molecular weight is 766 g/mol. The summed E-state index contributed by atoms with van der Waals surface area (Å²) in [5.74, 6) is -10.5. The zero-order chi connectivity index (χ0) is 41.1. The zero-order valence-electron chi connectivity index (χ0n) is 30.3. The maximum Gasteiger partial charge on any atom is 0.326 e. The molecule has 13 N–H and O–H groups in total. The van der Waals surface area contributed by atoms with Crippen LogP contribution in [0.3, 0.4) is 0 Å². The number of carboxylic acid groups (broad SMARTS) is 3. The summed E-state index contributed by atoms with van der Waals surface area (Å²) < 4.78 is 0. The number of aliphatic hydroxyl groups is 1. The van der Waals surface area contributed by atoms with E-state index in [4.69, 9.17) is 11.5 Å². The van der Waals surface area contributed by atoms with Crippen LogP contribution in [0.15, 0.2) is 30.3 Å². The lowest BCUT2D eigenvalue weighted by molar-refractivity contribution is -0.143. The summed E-state index contributed by atoms with van der Waals surface area (Å²) in [7, 11) is 0. The van der Waals surface area contributed by atoms with Crippen molar-refractivity contribution >= 4 is 53.4 Å². The number of carbonyl (C=O) groups is 9. The number of carbonyl (C=O) groups excluding carboxylic acids is 6. The second-order valence-corrected chi connectivity index (χ2v) is 13.1. The van der Waals surface area contributed by atoms with Gasteiger partial charge in [0, 0.05) is 19.3 Å². The molecule has 1 aromatic rings. The molecule has 0 unspecified atom stereocenters. The molecule has 1 rings (SSSR count). The first-order valence-electron chi connectivity index (χ1n) is 17.2. The minimum absolute atomic E-state index is 0.0123. The Bertz CT molecular complexity index is 1490. The van der Waals surface area contributed by atoms with E-state index in [0.29, 0.717) is 5.56 Å². The maximum atomic E-state index is 13.5. The Kier molecular flexibility index (Phi) is 19.9. The number of rotatable bonds is 25. The number of hydrogen-bond acceptors (Lipinski definition) is 11. The predicted octanol–water partition coefficient (Wildman–Crippen LogP) is -2.51. The Labute approximate surface area is 311 Å². The van der Waals surface area contributed by atoms with Gasteiger partial charge in [-0.25, -0.2) is 4.79 Å². The molecule has 0 saturated carbocycles. The van der Waals surface area contributed by atoms with E-state index in [0.717, 1.165) is 6.92 Å². The summed E-state index contributed by atoms with van der Waals surface area (Å²) in [6.45, 7) is 4.58. The first kappa shape index (κ1) is 46.4. The molecule has 20 heteroatoms. The number of nitrogens with one attached hydrogen (secondary N) is 5. The van der Waals surface area contributed by atoms with Gasteiger partial charge in [-0.3, -0.25) is 38.4 Å². The number of amides is 6. The summed E-state index contributed by atoms with van der Waals surface area (Å²) in [6.07, 6.45) is -4.82. The lowest BCUT2D eigenvalue weighted by atomic mass is 10.0. The largest absolute Gasteiger partial charge is 0.481 e. The van der Waals surface area contributed by atoms with E-state index < -0.39 is 134 Å². The van der Waals surface area contributed by atoms with Gasteiger partial charge in [0.1, 0.15) is 30.2 Å². The van der Waals surface area contributed by atoms with Crippen molar-refractivity contribution in [1.82, 2.24) is 26.6 Å². The molecule has 0 spiro atoms. The van der Waals surface area contributed by atoms with Crippen molar-refractivity contribution in [2.75, 3.05) is 0 Å². The van der Waals surface area contributed by atoms with E-state index in [1.165, 1.54) is 0 Å². The fraction of sp³-hybridized carbons (Fsp3) is 0.559. The Morgan fingerprint density at radius 2 is 1.04 bits per heavy atom. The van der Waals surface area contributed by atoms with E-state index in [1.807, 2.05) is 0 Å². The van der Waals surface area contributed by atoms with Crippen LogP contribution in [-0.2, 0) is 49.6 Å². The van der Waals surface area contributed by atoms with Gasteiger partial charge in [0.2, 0.25) is 35.4 Å². The highest BCUT2D eigenvalue weighted by Gasteiger charge is 2.34. The van der Waals surface area contributed by atoms with Crippen LogP contribution in [0.4, 0.5) is 0 Å². The minimum atomic E-state index is -1.73. The third kappa shape index (κ3) is 17.7. The molecule has 0 aliphatic carbocycles. The number of primary amides is 1. The molecule has 1 aromatic carbocycles. The molecular weight excluding hydrogens is 714 g/mol. The smallest absolute Gasteiger partial charge is 0.326 e. The molecule has 54 heavy (non-hydrogen) atoms. The molecule has 0 radical (unpaired) electrons. The predicted molar refractivity (Wildman–Crippen MR) is 189 cm³/mol. The van der Waals surface area contributed by atoms with E-state index >= 15 is 0 Å². The monoisotopic (exact) mass is 765 g/mol. The van der Waals surface area contributed by atoms with E-state index in [2.05, 4.69) is 26.6 Å². The molecule has 0 heterocycles. The topological polar surface area (TPSA) is 347 Å². The van der Waals surface area contributed by atoms with Gasteiger partial charge < -0.3 is 58.5 Å². The fourth-order valence-corrected chi connectivity index (χ4v) is 5.03. The minimum Gasteiger partial charge on any atom is -0.481 e. The van der Waals surface area contributed by atoms with Crippen molar-refractivity contribution < 1.29 is 63.6 Å². The Hall–Kier alpha value is -5.63. The van der Waals surface area contributed by atoms with Crippen LogP contribution in [0.5, 0.6) is 0 Å². The van der Waals surface area contributed by atoms with Gasteiger partial charge >= 0.3 is 17.9 Å². The summed E-state index contributed by atoms with van der Waals surface area (Å²) in [5.41, 5.74) is 11.9. The van der Waals surface area contributed by atoms with Gasteiger partial charge in [-0.2, -0.15) is 0 Å². The van der Waals surface area contributed by atoms with Crippen molar-refractivity contribution in [3.05, 3.63) is 35.9 Å². The van der Waals surface area contributed by atoms with Gasteiger partial charge in [-0.05, 0) is 50.5 Å². The third-order valence-corrected chi connectivity index (χ3v) is 7.89. The van der Waals surface area contributed by atoms with Crippen molar-refractivity contribution in [3.8, 4) is 0 Å². The van der Waals surface area contributed by atoms with Crippen LogP contribution < -0.4 is 38.1 Å². The van der Waals surface area contributed by atoms with E-state index in [-0.39, 0.29) is 18.8 Å². The molecule has 0 saturated heterocycles. The summed E-state index contributed by atoms with van der Waals surface area (Å²) in [4.78, 5) is 112. The first-order valence-corrected chi connectivity index (χ1v) is 17.2. The van der Waals surface area contributed by atoms with Crippen LogP contribution in [-0.4, -0.2) is 116 Å². The highest BCUT2D eigenvalue weighted by molar-refractivity contribution is 5.97. The van der Waals surface area contributed by atoms with Crippen LogP contribution in [0.25, 0.3) is 0 Å². The molecule has 0 aliphatic heterocycles. The molecule has 7 atom stereocenters. The second-order valence-electron chi connectivity index (χ2n) is 13.1. The highest BCUT2D eigenvalue weighted by atomic mass is 16.4. The van der Waals surface area contributed by atoms with Crippen LogP contribution >= 0.6 is 0 Å².